The molecule has 0 aromatic heterocycles. The van der Waals surface area contributed by atoms with Crippen LogP contribution in [-0.4, -0.2) is 54.1 Å². The average Bonchev–Trinajstić information content (AvgIpc) is 2.91. The molecule has 1 atom stereocenters. The Balaban J connectivity index is 1.77. The van der Waals surface area contributed by atoms with Gasteiger partial charge in [0.15, 0.2) is 0 Å². The summed E-state index contributed by atoms with van der Waals surface area (Å²) in [7, 11) is 3.10. The lowest BCUT2D eigenvalue weighted by atomic mass is 10.1. The molecule has 0 spiro atoms. The maximum atomic E-state index is 12.4. The molecule has 1 aliphatic heterocycles. The SMILES string of the molecule is CN(C)C(=O)C(OC(=O)CN1C(=O)c2ccccc2C1=O)c1ccccc1. The Hall–Kier alpha value is -3.48. The van der Waals surface area contributed by atoms with Crippen molar-refractivity contribution in [3.63, 3.8) is 0 Å². The van der Waals surface area contributed by atoms with Gasteiger partial charge in [0, 0.05) is 19.7 Å². The topological polar surface area (TPSA) is 84.0 Å². The Bertz CT molecular complexity index is 873. The molecule has 0 bridgehead atoms. The minimum Gasteiger partial charge on any atom is -0.446 e. The van der Waals surface area contributed by atoms with Crippen molar-refractivity contribution < 1.29 is 23.9 Å². The summed E-state index contributed by atoms with van der Waals surface area (Å²) in [5, 5.41) is 0. The second-order valence-corrected chi connectivity index (χ2v) is 6.26. The largest absolute Gasteiger partial charge is 0.446 e. The molecule has 0 radical (unpaired) electrons. The number of likely N-dealkylation sites (N-methyl/N-ethyl adjacent to an activating group) is 1. The van der Waals surface area contributed by atoms with Crippen LogP contribution in [0, 0.1) is 0 Å². The van der Waals surface area contributed by atoms with E-state index in [-0.39, 0.29) is 11.1 Å². The molecule has 1 aliphatic rings. The summed E-state index contributed by atoms with van der Waals surface area (Å²) in [5.41, 5.74) is 1.01. The van der Waals surface area contributed by atoms with E-state index >= 15 is 0 Å². The first-order valence-corrected chi connectivity index (χ1v) is 8.31. The standard InChI is InChI=1S/C20H18N2O5/c1-21(2)20(26)17(13-8-4-3-5-9-13)27-16(23)12-22-18(24)14-10-6-7-11-15(14)19(22)25/h3-11,17H,12H2,1-2H3. The number of fused-ring (bicyclic) bond motifs is 1. The monoisotopic (exact) mass is 366 g/mol. The van der Waals surface area contributed by atoms with Gasteiger partial charge in [-0.2, -0.15) is 0 Å². The molecule has 7 heteroatoms. The van der Waals surface area contributed by atoms with Gasteiger partial charge in [0.25, 0.3) is 17.7 Å². The van der Waals surface area contributed by atoms with Crippen molar-refractivity contribution in [3.05, 3.63) is 71.3 Å². The molecule has 0 N–H and O–H groups in total. The maximum absolute atomic E-state index is 12.4. The molecular formula is C20H18N2O5. The van der Waals surface area contributed by atoms with Gasteiger partial charge in [-0.3, -0.25) is 24.1 Å². The molecule has 0 saturated carbocycles. The highest BCUT2D eigenvalue weighted by molar-refractivity contribution is 6.22. The summed E-state index contributed by atoms with van der Waals surface area (Å²) in [5.74, 6) is -2.36. The number of hydrogen-bond acceptors (Lipinski definition) is 5. The maximum Gasteiger partial charge on any atom is 0.327 e. The van der Waals surface area contributed by atoms with E-state index in [0.29, 0.717) is 5.56 Å². The van der Waals surface area contributed by atoms with Crippen molar-refractivity contribution >= 4 is 23.7 Å². The molecule has 138 valence electrons. The number of ether oxygens (including phenoxy) is 1. The molecule has 7 nitrogen and oxygen atoms in total. The molecule has 0 fully saturated rings. The zero-order valence-corrected chi connectivity index (χ0v) is 14.9. The Morgan fingerprint density at radius 2 is 1.44 bits per heavy atom. The highest BCUT2D eigenvalue weighted by Crippen LogP contribution is 2.24. The molecule has 0 aliphatic carbocycles. The first kappa shape index (κ1) is 18.3. The van der Waals surface area contributed by atoms with E-state index in [1.807, 2.05) is 0 Å². The number of rotatable bonds is 5. The van der Waals surface area contributed by atoms with Gasteiger partial charge in [0.05, 0.1) is 11.1 Å². The molecule has 2 aromatic rings. The molecule has 27 heavy (non-hydrogen) atoms. The lowest BCUT2D eigenvalue weighted by Gasteiger charge is -2.22. The molecule has 3 rings (SSSR count). The second kappa shape index (κ2) is 7.41. The Labute approximate surface area is 156 Å². The number of nitrogens with zero attached hydrogens (tertiary/aromatic N) is 2. The minimum atomic E-state index is -1.15. The van der Waals surface area contributed by atoms with Gasteiger partial charge in [-0.1, -0.05) is 42.5 Å². The molecule has 3 amide bonds. The van der Waals surface area contributed by atoms with Gasteiger partial charge in [0.2, 0.25) is 6.10 Å². The second-order valence-electron chi connectivity index (χ2n) is 6.26. The van der Waals surface area contributed by atoms with Crippen LogP contribution in [0.2, 0.25) is 0 Å². The first-order valence-electron chi connectivity index (χ1n) is 8.31. The van der Waals surface area contributed by atoms with Crippen LogP contribution in [0.15, 0.2) is 54.6 Å². The molecule has 0 saturated heterocycles. The number of hydrogen-bond donors (Lipinski definition) is 0. The minimum absolute atomic E-state index is 0.249. The Kier molecular flexibility index (Phi) is 5.03. The van der Waals surface area contributed by atoms with Crippen molar-refractivity contribution in [3.8, 4) is 0 Å². The van der Waals surface area contributed by atoms with Gasteiger partial charge in [-0.25, -0.2) is 0 Å². The average molecular weight is 366 g/mol. The summed E-state index contributed by atoms with van der Waals surface area (Å²) in [4.78, 5) is 51.7. The van der Waals surface area contributed by atoms with E-state index in [0.717, 1.165) is 4.90 Å². The van der Waals surface area contributed by atoms with Crippen LogP contribution in [0.3, 0.4) is 0 Å². The highest BCUT2D eigenvalue weighted by atomic mass is 16.5. The highest BCUT2D eigenvalue weighted by Gasteiger charge is 2.37. The summed E-state index contributed by atoms with van der Waals surface area (Å²) < 4.78 is 5.34. The summed E-state index contributed by atoms with van der Waals surface area (Å²) in [6.45, 7) is -0.559. The normalized spacial score (nSPS) is 13.9. The third kappa shape index (κ3) is 3.57. The lowest BCUT2D eigenvalue weighted by molar-refractivity contribution is -0.159. The zero-order chi connectivity index (χ0) is 19.6. The third-order valence-corrected chi connectivity index (χ3v) is 4.18. The number of esters is 1. The number of carbonyl (C=O) groups is 4. The van der Waals surface area contributed by atoms with Crippen molar-refractivity contribution in [2.24, 2.45) is 0 Å². The molecular weight excluding hydrogens is 348 g/mol. The number of amides is 3. The Morgan fingerprint density at radius 3 is 1.96 bits per heavy atom. The number of imide groups is 1. The summed E-state index contributed by atoms with van der Waals surface area (Å²) >= 11 is 0. The van der Waals surface area contributed by atoms with Crippen LogP contribution in [0.25, 0.3) is 0 Å². The van der Waals surface area contributed by atoms with Crippen LogP contribution < -0.4 is 0 Å². The molecule has 2 aromatic carbocycles. The first-order chi connectivity index (χ1) is 12.9. The fourth-order valence-corrected chi connectivity index (χ4v) is 2.80. The number of benzene rings is 2. The van der Waals surface area contributed by atoms with Crippen LogP contribution in [0.5, 0.6) is 0 Å². The van der Waals surface area contributed by atoms with Gasteiger partial charge in [-0.15, -0.1) is 0 Å². The van der Waals surface area contributed by atoms with Gasteiger partial charge < -0.3 is 9.64 Å². The van der Waals surface area contributed by atoms with Crippen molar-refractivity contribution in [2.75, 3.05) is 20.6 Å². The van der Waals surface area contributed by atoms with Gasteiger partial charge in [-0.05, 0) is 12.1 Å². The van der Waals surface area contributed by atoms with E-state index in [2.05, 4.69) is 0 Å². The van der Waals surface area contributed by atoms with E-state index in [9.17, 15) is 19.2 Å². The lowest BCUT2D eigenvalue weighted by Crippen LogP contribution is -2.38. The van der Waals surface area contributed by atoms with Crippen LogP contribution >= 0.6 is 0 Å². The fourth-order valence-electron chi connectivity index (χ4n) is 2.80. The molecule has 1 unspecified atom stereocenters. The van der Waals surface area contributed by atoms with Crippen molar-refractivity contribution in [2.45, 2.75) is 6.10 Å². The zero-order valence-electron chi connectivity index (χ0n) is 14.9. The van der Waals surface area contributed by atoms with Gasteiger partial charge >= 0.3 is 5.97 Å². The predicted octanol–water partition coefficient (Wildman–Crippen LogP) is 1.66. The Morgan fingerprint density at radius 1 is 0.926 bits per heavy atom. The smallest absolute Gasteiger partial charge is 0.327 e. The van der Waals surface area contributed by atoms with Crippen LogP contribution in [0.1, 0.15) is 32.4 Å². The predicted molar refractivity (Wildman–Crippen MR) is 95.8 cm³/mol. The van der Waals surface area contributed by atoms with Crippen LogP contribution in [-0.2, 0) is 14.3 Å². The van der Waals surface area contributed by atoms with Gasteiger partial charge in [0.1, 0.15) is 6.54 Å². The van der Waals surface area contributed by atoms with E-state index < -0.39 is 36.3 Å². The fraction of sp³-hybridized carbons (Fsp3) is 0.200. The molecule has 1 heterocycles. The van der Waals surface area contributed by atoms with E-state index in [4.69, 9.17) is 4.74 Å². The quantitative estimate of drug-likeness (QED) is 0.594. The van der Waals surface area contributed by atoms with Crippen molar-refractivity contribution in [1.29, 1.82) is 0 Å². The van der Waals surface area contributed by atoms with E-state index in [1.165, 1.54) is 17.0 Å². The summed E-state index contributed by atoms with van der Waals surface area (Å²) in [6.07, 6.45) is -1.15. The van der Waals surface area contributed by atoms with Crippen molar-refractivity contribution in [1.82, 2.24) is 9.80 Å². The number of carbonyl (C=O) groups excluding carboxylic acids is 4. The third-order valence-electron chi connectivity index (χ3n) is 4.18. The van der Waals surface area contributed by atoms with Crippen LogP contribution in [0.4, 0.5) is 0 Å². The summed E-state index contributed by atoms with van der Waals surface area (Å²) in [6, 6.07) is 14.9. The van der Waals surface area contributed by atoms with E-state index in [1.54, 1.807) is 56.6 Å².